The average Bonchev–Trinajstić information content (AvgIpc) is 3.54. The lowest BCUT2D eigenvalue weighted by atomic mass is 9.96. The largest absolute Gasteiger partial charge is 0.497 e. The number of benzene rings is 2. The minimum absolute atomic E-state index is 0.0298. The molecule has 1 saturated heterocycles. The highest BCUT2D eigenvalue weighted by atomic mass is 35.5. The number of hydrogen-bond acceptors (Lipinski definition) is 8. The molecule has 6 rings (SSSR count). The van der Waals surface area contributed by atoms with E-state index in [1.165, 1.54) is 4.90 Å². The Morgan fingerprint density at radius 2 is 1.86 bits per heavy atom. The van der Waals surface area contributed by atoms with E-state index in [9.17, 15) is 23.5 Å². The third-order valence-corrected chi connectivity index (χ3v) is 7.67. The van der Waals surface area contributed by atoms with Crippen LogP contribution < -0.4 is 14.5 Å². The third-order valence-electron chi connectivity index (χ3n) is 6.95. The minimum atomic E-state index is -4.73. The predicted octanol–water partition coefficient (Wildman–Crippen LogP) is 5.22. The summed E-state index contributed by atoms with van der Waals surface area (Å²) >= 11 is 12.4. The summed E-state index contributed by atoms with van der Waals surface area (Å²) in [5, 5.41) is 24.4. The molecular weight excluding hydrogens is 596 g/mol. The summed E-state index contributed by atoms with van der Waals surface area (Å²) in [5.74, 6) is 1.29. The number of aromatic amines is 1. The topological polar surface area (TPSA) is 119 Å². The maximum Gasteiger partial charge on any atom is 0.435 e. The molecule has 3 aromatic heterocycles. The van der Waals surface area contributed by atoms with Crippen LogP contribution in [0.3, 0.4) is 0 Å². The second-order valence-corrected chi connectivity index (χ2v) is 10.7. The summed E-state index contributed by atoms with van der Waals surface area (Å²) in [6.07, 6.45) is -4.00. The van der Waals surface area contributed by atoms with Crippen LogP contribution in [0, 0.1) is 11.3 Å². The molecule has 216 valence electrons. The smallest absolute Gasteiger partial charge is 0.435 e. The molecule has 1 aliphatic rings. The van der Waals surface area contributed by atoms with E-state index in [4.69, 9.17) is 27.9 Å². The Hall–Kier alpha value is -4.25. The van der Waals surface area contributed by atoms with Gasteiger partial charge >= 0.3 is 6.18 Å². The molecule has 0 spiro atoms. The van der Waals surface area contributed by atoms with Crippen molar-refractivity contribution >= 4 is 51.4 Å². The van der Waals surface area contributed by atoms with Crippen LogP contribution in [0.2, 0.25) is 10.0 Å². The van der Waals surface area contributed by atoms with Crippen molar-refractivity contribution in [3.8, 4) is 11.8 Å². The monoisotopic (exact) mass is 616 g/mol. The molecule has 0 atom stereocenters. The summed E-state index contributed by atoms with van der Waals surface area (Å²) in [4.78, 5) is 15.3. The number of aromatic nitrogens is 5. The molecule has 1 fully saturated rings. The Labute approximate surface area is 246 Å². The van der Waals surface area contributed by atoms with Gasteiger partial charge in [0.2, 0.25) is 0 Å². The van der Waals surface area contributed by atoms with Crippen molar-refractivity contribution in [2.45, 2.75) is 24.9 Å². The molecule has 0 amide bonds. The lowest BCUT2D eigenvalue weighted by Gasteiger charge is -2.42. The van der Waals surface area contributed by atoms with Gasteiger partial charge < -0.3 is 24.6 Å². The lowest BCUT2D eigenvalue weighted by molar-refractivity contribution is -0.142. The zero-order valence-corrected chi connectivity index (χ0v) is 23.3. The van der Waals surface area contributed by atoms with Crippen molar-refractivity contribution in [1.29, 1.82) is 5.26 Å². The normalized spacial score (nSPS) is 14.7. The number of hydrogen-bond donors (Lipinski definition) is 2. The number of imidazole rings is 2. The Kier molecular flexibility index (Phi) is 6.80. The number of alkyl halides is 3. The first kappa shape index (κ1) is 27.9. The van der Waals surface area contributed by atoms with Crippen LogP contribution in [-0.4, -0.2) is 55.5 Å². The summed E-state index contributed by atoms with van der Waals surface area (Å²) in [7, 11) is 1.55. The van der Waals surface area contributed by atoms with Crippen molar-refractivity contribution in [2.75, 3.05) is 30.0 Å². The van der Waals surface area contributed by atoms with Crippen LogP contribution >= 0.6 is 23.2 Å². The van der Waals surface area contributed by atoms with Crippen LogP contribution in [0.15, 0.2) is 48.7 Å². The number of nitriles is 1. The van der Waals surface area contributed by atoms with E-state index in [1.807, 2.05) is 23.1 Å². The van der Waals surface area contributed by atoms with Gasteiger partial charge in [-0.3, -0.25) is 0 Å². The number of anilines is 2. The first-order chi connectivity index (χ1) is 20.0. The second-order valence-electron chi connectivity index (χ2n) is 9.93. The van der Waals surface area contributed by atoms with Crippen molar-refractivity contribution < 1.29 is 23.0 Å². The van der Waals surface area contributed by atoms with Gasteiger partial charge in [0.05, 0.1) is 59.7 Å². The molecular formula is C27H21Cl2F3N8O2. The maximum absolute atomic E-state index is 14.0. The summed E-state index contributed by atoms with van der Waals surface area (Å²) in [5.41, 5.74) is -0.332. The molecule has 0 bridgehead atoms. The van der Waals surface area contributed by atoms with Gasteiger partial charge in [-0.2, -0.15) is 18.4 Å². The summed E-state index contributed by atoms with van der Waals surface area (Å²) < 4.78 is 47.9. The number of rotatable bonds is 7. The van der Waals surface area contributed by atoms with Gasteiger partial charge in [0.1, 0.15) is 17.6 Å². The molecule has 42 heavy (non-hydrogen) atoms. The fourth-order valence-corrected chi connectivity index (χ4v) is 5.15. The van der Waals surface area contributed by atoms with E-state index in [1.54, 1.807) is 37.4 Å². The fraction of sp³-hybridized carbons (Fsp3) is 0.259. The summed E-state index contributed by atoms with van der Waals surface area (Å²) in [6.45, 7) is 0.158. The number of β-amino-alcohol motifs (C(OH)–C–C–N with tert-alkyl or cyclic N) is 1. The van der Waals surface area contributed by atoms with Crippen molar-refractivity contribution in [2.24, 2.45) is 0 Å². The predicted molar refractivity (Wildman–Crippen MR) is 150 cm³/mol. The molecule has 0 unspecified atom stereocenters. The number of nitrogens with zero attached hydrogens (tertiary/aromatic N) is 7. The van der Waals surface area contributed by atoms with Crippen LogP contribution in [-0.2, 0) is 19.3 Å². The number of nitrogens with one attached hydrogen (secondary N) is 1. The molecule has 0 aliphatic carbocycles. The van der Waals surface area contributed by atoms with Gasteiger partial charge in [-0.25, -0.2) is 14.5 Å². The van der Waals surface area contributed by atoms with Crippen LogP contribution in [0.1, 0.15) is 17.1 Å². The van der Waals surface area contributed by atoms with Gasteiger partial charge in [0.15, 0.2) is 22.8 Å². The number of halogens is 5. The molecule has 10 nitrogen and oxygen atoms in total. The Bertz CT molecular complexity index is 1800. The van der Waals surface area contributed by atoms with Crippen molar-refractivity contribution in [3.63, 3.8) is 0 Å². The van der Waals surface area contributed by atoms with Gasteiger partial charge in [0, 0.05) is 12.6 Å². The number of aliphatic hydroxyl groups is 1. The first-order valence-corrected chi connectivity index (χ1v) is 13.3. The summed E-state index contributed by atoms with van der Waals surface area (Å²) in [6, 6.07) is 13.9. The highest BCUT2D eigenvalue weighted by Crippen LogP contribution is 2.36. The highest BCUT2D eigenvalue weighted by molar-refractivity contribution is 6.42. The zero-order chi connectivity index (χ0) is 29.8. The number of fused-ring (bicyclic) bond motifs is 2. The quantitative estimate of drug-likeness (QED) is 0.239. The SMILES string of the molecule is COc1ccc(CN(Cc2nc3cc(Cl)c(Cl)cc3[nH]2)c2cc(N3CC(O)(C#N)C3)nn3c(C(F)(F)F)cnc23)cc1. The molecule has 2 N–H and O–H groups in total. The molecule has 0 radical (unpaired) electrons. The van der Waals surface area contributed by atoms with Gasteiger partial charge in [0.25, 0.3) is 0 Å². The number of ether oxygens (including phenoxy) is 1. The molecule has 0 saturated carbocycles. The molecule has 4 heterocycles. The Morgan fingerprint density at radius 3 is 2.52 bits per heavy atom. The van der Waals surface area contributed by atoms with Gasteiger partial charge in [-0.05, 0) is 29.8 Å². The highest BCUT2D eigenvalue weighted by Gasteiger charge is 2.43. The second kappa shape index (κ2) is 10.2. The molecule has 5 aromatic rings. The molecule has 2 aromatic carbocycles. The third kappa shape index (κ3) is 5.13. The Morgan fingerprint density at radius 1 is 1.14 bits per heavy atom. The maximum atomic E-state index is 14.0. The first-order valence-electron chi connectivity index (χ1n) is 12.5. The average molecular weight is 617 g/mol. The molecule has 1 aliphatic heterocycles. The van der Waals surface area contributed by atoms with E-state index in [-0.39, 0.29) is 37.6 Å². The number of methoxy groups -OCH3 is 1. The molecule has 15 heteroatoms. The van der Waals surface area contributed by atoms with Gasteiger partial charge in [-0.1, -0.05) is 35.3 Å². The lowest BCUT2D eigenvalue weighted by Crippen LogP contribution is -2.61. The van der Waals surface area contributed by atoms with Gasteiger partial charge in [-0.15, -0.1) is 5.10 Å². The van der Waals surface area contributed by atoms with E-state index in [0.29, 0.717) is 38.3 Å². The van der Waals surface area contributed by atoms with Crippen molar-refractivity contribution in [1.82, 2.24) is 24.6 Å². The minimum Gasteiger partial charge on any atom is -0.497 e. The van der Waals surface area contributed by atoms with E-state index in [0.717, 1.165) is 16.3 Å². The Balaban J connectivity index is 1.48. The van der Waals surface area contributed by atoms with E-state index in [2.05, 4.69) is 20.1 Å². The van der Waals surface area contributed by atoms with Crippen molar-refractivity contribution in [3.05, 3.63) is 75.8 Å². The van der Waals surface area contributed by atoms with E-state index < -0.39 is 17.5 Å². The van der Waals surface area contributed by atoms with Crippen LogP contribution in [0.5, 0.6) is 5.75 Å². The number of H-pyrrole nitrogens is 1. The standard InChI is InChI=1S/C27H21Cl2F3N8O2/c1-42-16-4-2-15(3-5-16)10-38(11-23-35-19-6-17(28)18(29)7-20(19)36-23)21-8-24(39-13-26(41,12-33)14-39)37-40-22(27(30,31)32)9-34-25(21)40/h2-9,41H,10-11,13-14H2,1H3,(H,35,36). The van der Waals surface area contributed by atoms with E-state index >= 15 is 0 Å². The zero-order valence-electron chi connectivity index (χ0n) is 21.8. The van der Waals surface area contributed by atoms with Crippen LogP contribution in [0.4, 0.5) is 24.7 Å². The fourth-order valence-electron chi connectivity index (χ4n) is 4.83. The van der Waals surface area contributed by atoms with Crippen LogP contribution in [0.25, 0.3) is 16.7 Å².